The smallest absolute Gasteiger partial charge is 0.0959 e. The lowest BCUT2D eigenvalue weighted by atomic mass is 9.49. The van der Waals surface area contributed by atoms with Crippen molar-refractivity contribution in [1.82, 2.24) is 0 Å². The number of hydrogen-bond donors (Lipinski definition) is 1. The van der Waals surface area contributed by atoms with Gasteiger partial charge in [0.1, 0.15) is 0 Å². The molecule has 0 spiro atoms. The van der Waals surface area contributed by atoms with E-state index in [4.69, 9.17) is 4.74 Å². The maximum Gasteiger partial charge on any atom is 0.0959 e. The third-order valence-corrected chi connectivity index (χ3v) is 6.46. The Bertz CT molecular complexity index is 462. The van der Waals surface area contributed by atoms with Crippen molar-refractivity contribution in [2.75, 3.05) is 13.7 Å². The number of methoxy groups -OCH3 is 1. The Labute approximate surface area is 122 Å². The number of aliphatic hydroxyl groups is 1. The maximum atomic E-state index is 9.95. The van der Waals surface area contributed by atoms with E-state index in [1.165, 1.54) is 32.1 Å². The number of ether oxygens (including phenoxy) is 1. The number of aliphatic hydroxyl groups excluding tert-OH is 1. The van der Waals surface area contributed by atoms with Crippen LogP contribution in [0.15, 0.2) is 23.0 Å². The summed E-state index contributed by atoms with van der Waals surface area (Å²) in [6.45, 7) is 5.09. The van der Waals surface area contributed by atoms with Crippen LogP contribution in [0.5, 0.6) is 0 Å². The van der Waals surface area contributed by atoms with Gasteiger partial charge in [-0.2, -0.15) is 0 Å². The maximum absolute atomic E-state index is 9.95. The SMILES string of the molecule is COC1=CCC2=C(C1)[C@]1(C)CCC[C@@](C)(CO)[C@H]1CC2. The molecule has 0 aromatic heterocycles. The van der Waals surface area contributed by atoms with Crippen LogP contribution in [0.3, 0.4) is 0 Å². The minimum Gasteiger partial charge on any atom is -0.501 e. The van der Waals surface area contributed by atoms with Gasteiger partial charge in [0, 0.05) is 13.0 Å². The molecule has 0 heterocycles. The molecule has 0 aromatic rings. The third kappa shape index (κ3) is 1.95. The topological polar surface area (TPSA) is 29.5 Å². The monoisotopic (exact) mass is 276 g/mol. The fourth-order valence-corrected chi connectivity index (χ4v) is 5.26. The number of fused-ring (bicyclic) bond motifs is 2. The highest BCUT2D eigenvalue weighted by atomic mass is 16.5. The van der Waals surface area contributed by atoms with Gasteiger partial charge in [0.25, 0.3) is 0 Å². The molecule has 3 aliphatic carbocycles. The van der Waals surface area contributed by atoms with E-state index in [2.05, 4.69) is 19.9 Å². The molecule has 0 unspecified atom stereocenters. The van der Waals surface area contributed by atoms with Crippen molar-refractivity contribution >= 4 is 0 Å². The van der Waals surface area contributed by atoms with E-state index in [-0.39, 0.29) is 10.8 Å². The fourth-order valence-electron chi connectivity index (χ4n) is 5.26. The first kappa shape index (κ1) is 14.2. The van der Waals surface area contributed by atoms with E-state index in [9.17, 15) is 5.11 Å². The van der Waals surface area contributed by atoms with Gasteiger partial charge in [-0.05, 0) is 54.9 Å². The molecule has 0 aromatic carbocycles. The lowest BCUT2D eigenvalue weighted by Crippen LogP contribution is -2.48. The molecule has 0 saturated heterocycles. The van der Waals surface area contributed by atoms with Gasteiger partial charge in [0.2, 0.25) is 0 Å². The summed E-state index contributed by atoms with van der Waals surface area (Å²) in [7, 11) is 1.79. The minimum atomic E-state index is 0.111. The van der Waals surface area contributed by atoms with Crippen molar-refractivity contribution in [3.05, 3.63) is 23.0 Å². The van der Waals surface area contributed by atoms with Crippen LogP contribution in [0.1, 0.15) is 58.8 Å². The van der Waals surface area contributed by atoms with E-state index in [1.54, 1.807) is 18.3 Å². The third-order valence-electron chi connectivity index (χ3n) is 6.46. The number of rotatable bonds is 2. The summed E-state index contributed by atoms with van der Waals surface area (Å²) >= 11 is 0. The second kappa shape index (κ2) is 4.91. The average molecular weight is 276 g/mol. The Morgan fingerprint density at radius 2 is 2.15 bits per heavy atom. The van der Waals surface area contributed by atoms with E-state index in [0.717, 1.165) is 18.6 Å². The molecule has 3 rings (SSSR count). The molecule has 3 aliphatic rings. The molecule has 2 nitrogen and oxygen atoms in total. The van der Waals surface area contributed by atoms with Crippen LogP contribution in [0.2, 0.25) is 0 Å². The molecule has 1 fully saturated rings. The second-order valence-corrected chi connectivity index (χ2v) is 7.51. The summed E-state index contributed by atoms with van der Waals surface area (Å²) in [4.78, 5) is 0. The van der Waals surface area contributed by atoms with Crippen LogP contribution in [-0.4, -0.2) is 18.8 Å². The summed E-state index contributed by atoms with van der Waals surface area (Å²) < 4.78 is 5.52. The molecule has 0 amide bonds. The van der Waals surface area contributed by atoms with Crippen molar-refractivity contribution < 1.29 is 9.84 Å². The van der Waals surface area contributed by atoms with Gasteiger partial charge in [-0.3, -0.25) is 0 Å². The minimum absolute atomic E-state index is 0.111. The summed E-state index contributed by atoms with van der Waals surface area (Å²) in [5.74, 6) is 1.77. The summed E-state index contributed by atoms with van der Waals surface area (Å²) in [6.07, 6.45) is 10.5. The largest absolute Gasteiger partial charge is 0.501 e. The highest BCUT2D eigenvalue weighted by Crippen LogP contribution is 2.61. The zero-order valence-electron chi connectivity index (χ0n) is 13.2. The van der Waals surface area contributed by atoms with Gasteiger partial charge in [0.15, 0.2) is 0 Å². The van der Waals surface area contributed by atoms with Crippen molar-refractivity contribution in [1.29, 1.82) is 0 Å². The Morgan fingerprint density at radius 1 is 1.35 bits per heavy atom. The van der Waals surface area contributed by atoms with Crippen LogP contribution in [0, 0.1) is 16.7 Å². The first-order valence-corrected chi connectivity index (χ1v) is 8.09. The van der Waals surface area contributed by atoms with Crippen molar-refractivity contribution in [2.45, 2.75) is 58.8 Å². The quantitative estimate of drug-likeness (QED) is 0.766. The van der Waals surface area contributed by atoms with Gasteiger partial charge >= 0.3 is 0 Å². The van der Waals surface area contributed by atoms with Crippen molar-refractivity contribution in [3.8, 4) is 0 Å². The van der Waals surface area contributed by atoms with Gasteiger partial charge in [-0.25, -0.2) is 0 Å². The van der Waals surface area contributed by atoms with Gasteiger partial charge < -0.3 is 9.84 Å². The highest BCUT2D eigenvalue weighted by molar-refractivity contribution is 5.35. The second-order valence-electron chi connectivity index (χ2n) is 7.51. The first-order valence-electron chi connectivity index (χ1n) is 8.09. The zero-order chi connectivity index (χ0) is 14.4. The van der Waals surface area contributed by atoms with Gasteiger partial charge in [-0.1, -0.05) is 31.4 Å². The lowest BCUT2D eigenvalue weighted by molar-refractivity contribution is -0.0395. The molecule has 20 heavy (non-hydrogen) atoms. The molecule has 0 bridgehead atoms. The summed E-state index contributed by atoms with van der Waals surface area (Å²) in [5, 5.41) is 9.95. The predicted molar refractivity (Wildman–Crippen MR) is 81.2 cm³/mol. The van der Waals surface area contributed by atoms with Crippen LogP contribution >= 0.6 is 0 Å². The standard InChI is InChI=1S/C18H28O2/c1-17(12-19)9-4-10-18(2)15-11-14(20-3)7-5-13(15)6-8-16(17)18/h7,16,19H,4-6,8-12H2,1-3H3/t16-,17+,18+/m1/s1. The molecule has 1 N–H and O–H groups in total. The van der Waals surface area contributed by atoms with Crippen molar-refractivity contribution in [3.63, 3.8) is 0 Å². The van der Waals surface area contributed by atoms with Crippen LogP contribution < -0.4 is 0 Å². The zero-order valence-corrected chi connectivity index (χ0v) is 13.2. The number of allylic oxidation sites excluding steroid dienone is 3. The van der Waals surface area contributed by atoms with Gasteiger partial charge in [-0.15, -0.1) is 0 Å². The first-order chi connectivity index (χ1) is 9.53. The van der Waals surface area contributed by atoms with Crippen LogP contribution in [0.25, 0.3) is 0 Å². The Hall–Kier alpha value is -0.760. The summed E-state index contributed by atoms with van der Waals surface area (Å²) in [5.41, 5.74) is 3.69. The van der Waals surface area contributed by atoms with E-state index in [0.29, 0.717) is 12.5 Å². The molecule has 112 valence electrons. The Balaban J connectivity index is 1.97. The molecule has 0 aliphatic heterocycles. The predicted octanol–water partition coefficient (Wildman–Crippen LogP) is 4.21. The van der Waals surface area contributed by atoms with E-state index < -0.39 is 0 Å². The Morgan fingerprint density at radius 3 is 2.85 bits per heavy atom. The summed E-state index contributed by atoms with van der Waals surface area (Å²) in [6, 6.07) is 0. The molecule has 0 radical (unpaired) electrons. The normalized spacial score (nSPS) is 40.8. The van der Waals surface area contributed by atoms with Crippen LogP contribution in [0.4, 0.5) is 0 Å². The molecule has 2 heteroatoms. The molecular formula is C18H28O2. The van der Waals surface area contributed by atoms with Gasteiger partial charge in [0.05, 0.1) is 12.9 Å². The van der Waals surface area contributed by atoms with Crippen LogP contribution in [-0.2, 0) is 4.74 Å². The molecule has 1 saturated carbocycles. The lowest BCUT2D eigenvalue weighted by Gasteiger charge is -2.56. The van der Waals surface area contributed by atoms with Crippen molar-refractivity contribution in [2.24, 2.45) is 16.7 Å². The van der Waals surface area contributed by atoms with E-state index >= 15 is 0 Å². The Kier molecular flexibility index (Phi) is 3.48. The molecule has 3 atom stereocenters. The number of hydrogen-bond acceptors (Lipinski definition) is 2. The van der Waals surface area contributed by atoms with E-state index in [1.807, 2.05) is 0 Å². The fraction of sp³-hybridized carbons (Fsp3) is 0.778. The highest BCUT2D eigenvalue weighted by Gasteiger charge is 2.52. The molecular weight excluding hydrogens is 248 g/mol. The average Bonchev–Trinajstić information content (AvgIpc) is 2.46.